The van der Waals surface area contributed by atoms with E-state index in [9.17, 15) is 0 Å². The van der Waals surface area contributed by atoms with Gasteiger partial charge in [0.1, 0.15) is 0 Å². The van der Waals surface area contributed by atoms with Crippen molar-refractivity contribution < 1.29 is 0 Å². The van der Waals surface area contributed by atoms with Crippen LogP contribution < -0.4 is 5.32 Å². The summed E-state index contributed by atoms with van der Waals surface area (Å²) in [6, 6.07) is 8.36. The lowest BCUT2D eigenvalue weighted by atomic mass is 9.88. The highest BCUT2D eigenvalue weighted by molar-refractivity contribution is 9.10. The molecule has 2 rings (SSSR count). The van der Waals surface area contributed by atoms with Crippen molar-refractivity contribution >= 4 is 27.5 Å². The van der Waals surface area contributed by atoms with Gasteiger partial charge in [0.05, 0.1) is 0 Å². The van der Waals surface area contributed by atoms with Crippen LogP contribution in [-0.2, 0) is 6.54 Å². The summed E-state index contributed by atoms with van der Waals surface area (Å²) in [7, 11) is 0. The summed E-state index contributed by atoms with van der Waals surface area (Å²) in [5.41, 5.74) is 1.67. The Hall–Kier alpha value is -0.0500. The minimum atomic E-state index is 0.350. The summed E-state index contributed by atoms with van der Waals surface area (Å²) in [4.78, 5) is 0. The zero-order chi connectivity index (χ0) is 12.1. The highest BCUT2D eigenvalue weighted by Gasteiger charge is 2.32. The first-order valence-electron chi connectivity index (χ1n) is 6.26. The van der Waals surface area contributed by atoms with Crippen LogP contribution in [0.4, 0.5) is 0 Å². The Morgan fingerprint density at radius 3 is 2.59 bits per heavy atom. The summed E-state index contributed by atoms with van der Waals surface area (Å²) < 4.78 is 1.18. The van der Waals surface area contributed by atoms with Gasteiger partial charge in [-0.25, -0.2) is 0 Å². The van der Waals surface area contributed by atoms with Crippen LogP contribution in [-0.4, -0.2) is 12.4 Å². The average Bonchev–Trinajstić information content (AvgIpc) is 2.81. The molecule has 0 atom stereocenters. The maximum absolute atomic E-state index is 6.13. The van der Waals surface area contributed by atoms with E-state index in [-0.39, 0.29) is 0 Å². The van der Waals surface area contributed by atoms with E-state index in [0.717, 1.165) is 19.0 Å². The molecule has 0 saturated heterocycles. The fraction of sp³-hybridized carbons (Fsp3) is 0.571. The first-order valence-corrected chi connectivity index (χ1v) is 7.59. The number of hydrogen-bond acceptors (Lipinski definition) is 1. The monoisotopic (exact) mass is 315 g/mol. The van der Waals surface area contributed by atoms with Crippen LogP contribution in [0.3, 0.4) is 0 Å². The standard InChI is InChI=1S/C14H19BrClN/c15-13-6-2-1-5-12(13)9-17-11-14(10-16)7-3-4-8-14/h1-2,5-6,17H,3-4,7-11H2. The molecule has 1 fully saturated rings. The Morgan fingerprint density at radius 1 is 1.24 bits per heavy atom. The molecule has 0 heterocycles. The van der Waals surface area contributed by atoms with Crippen LogP contribution in [0.25, 0.3) is 0 Å². The molecule has 17 heavy (non-hydrogen) atoms. The van der Waals surface area contributed by atoms with Crippen LogP contribution in [0.2, 0.25) is 0 Å². The van der Waals surface area contributed by atoms with Crippen molar-refractivity contribution in [2.45, 2.75) is 32.2 Å². The Kier molecular flexibility index (Phi) is 4.89. The van der Waals surface area contributed by atoms with E-state index in [1.54, 1.807) is 0 Å². The highest BCUT2D eigenvalue weighted by atomic mass is 79.9. The van der Waals surface area contributed by atoms with Crippen molar-refractivity contribution in [2.75, 3.05) is 12.4 Å². The van der Waals surface area contributed by atoms with Gasteiger partial charge in [-0.1, -0.05) is 47.0 Å². The summed E-state index contributed by atoms with van der Waals surface area (Å²) >= 11 is 9.70. The zero-order valence-corrected chi connectivity index (χ0v) is 12.4. The minimum Gasteiger partial charge on any atom is -0.312 e. The third kappa shape index (κ3) is 3.46. The fourth-order valence-corrected chi connectivity index (χ4v) is 3.37. The molecule has 0 aliphatic heterocycles. The summed E-state index contributed by atoms with van der Waals surface area (Å²) in [5.74, 6) is 0.788. The normalized spacial score (nSPS) is 18.5. The molecule has 0 unspecified atom stereocenters. The third-order valence-corrected chi connectivity index (χ3v) is 5.06. The van der Waals surface area contributed by atoms with E-state index >= 15 is 0 Å². The van der Waals surface area contributed by atoms with Crippen molar-refractivity contribution in [1.82, 2.24) is 5.32 Å². The quantitative estimate of drug-likeness (QED) is 0.797. The molecule has 0 aromatic heterocycles. The first-order chi connectivity index (χ1) is 8.26. The molecule has 1 nitrogen and oxygen atoms in total. The van der Waals surface area contributed by atoms with Crippen LogP contribution in [0.5, 0.6) is 0 Å². The summed E-state index contributed by atoms with van der Waals surface area (Å²) in [6.45, 7) is 1.96. The second-order valence-corrected chi connectivity index (χ2v) is 6.16. The van der Waals surface area contributed by atoms with E-state index in [0.29, 0.717) is 5.41 Å². The number of halogens is 2. The van der Waals surface area contributed by atoms with Gasteiger partial charge in [0.15, 0.2) is 0 Å². The lowest BCUT2D eigenvalue weighted by Crippen LogP contribution is -2.33. The van der Waals surface area contributed by atoms with Crippen molar-refractivity contribution in [2.24, 2.45) is 5.41 Å². The highest BCUT2D eigenvalue weighted by Crippen LogP contribution is 2.38. The topological polar surface area (TPSA) is 12.0 Å². The van der Waals surface area contributed by atoms with E-state index in [4.69, 9.17) is 11.6 Å². The number of rotatable bonds is 5. The number of alkyl halides is 1. The predicted octanol–water partition coefficient (Wildman–Crippen LogP) is 4.34. The molecule has 0 bridgehead atoms. The second kappa shape index (κ2) is 6.21. The van der Waals surface area contributed by atoms with Gasteiger partial charge in [-0.05, 0) is 29.9 Å². The fourth-order valence-electron chi connectivity index (χ4n) is 2.59. The average molecular weight is 317 g/mol. The van der Waals surface area contributed by atoms with Crippen molar-refractivity contribution in [3.05, 3.63) is 34.3 Å². The van der Waals surface area contributed by atoms with Gasteiger partial charge < -0.3 is 5.32 Å². The molecule has 1 aliphatic carbocycles. The molecule has 1 aliphatic rings. The lowest BCUT2D eigenvalue weighted by Gasteiger charge is -2.26. The first kappa shape index (κ1) is 13.4. The maximum Gasteiger partial charge on any atom is 0.0292 e. The predicted molar refractivity (Wildman–Crippen MR) is 77.5 cm³/mol. The smallest absolute Gasteiger partial charge is 0.0292 e. The van der Waals surface area contributed by atoms with Crippen molar-refractivity contribution in [1.29, 1.82) is 0 Å². The molecular weight excluding hydrogens is 298 g/mol. The van der Waals surface area contributed by atoms with Gasteiger partial charge in [-0.2, -0.15) is 0 Å². The molecule has 1 aromatic rings. The Bertz CT molecular complexity index is 361. The summed E-state index contributed by atoms with van der Waals surface area (Å²) in [6.07, 6.45) is 5.23. The van der Waals surface area contributed by atoms with Gasteiger partial charge in [-0.15, -0.1) is 11.6 Å². The van der Waals surface area contributed by atoms with Crippen molar-refractivity contribution in [3.63, 3.8) is 0 Å². The molecule has 1 aromatic carbocycles. The molecule has 1 N–H and O–H groups in total. The van der Waals surface area contributed by atoms with Gasteiger partial charge in [0.2, 0.25) is 0 Å². The molecule has 1 saturated carbocycles. The molecule has 3 heteroatoms. The SMILES string of the molecule is ClCC1(CNCc2ccccc2Br)CCCC1. The largest absolute Gasteiger partial charge is 0.312 e. The Labute approximate surface area is 117 Å². The van der Waals surface area contributed by atoms with Crippen molar-refractivity contribution in [3.8, 4) is 0 Å². The maximum atomic E-state index is 6.13. The lowest BCUT2D eigenvalue weighted by molar-refractivity contribution is 0.320. The Balaban J connectivity index is 1.85. The van der Waals surface area contributed by atoms with Gasteiger partial charge in [-0.3, -0.25) is 0 Å². The zero-order valence-electron chi connectivity index (χ0n) is 10.0. The number of benzene rings is 1. The minimum absolute atomic E-state index is 0.350. The molecule has 94 valence electrons. The number of nitrogens with one attached hydrogen (secondary N) is 1. The van der Waals surface area contributed by atoms with E-state index in [1.165, 1.54) is 35.7 Å². The van der Waals surface area contributed by atoms with Gasteiger partial charge >= 0.3 is 0 Å². The van der Waals surface area contributed by atoms with Gasteiger partial charge in [0, 0.05) is 23.4 Å². The van der Waals surface area contributed by atoms with E-state index < -0.39 is 0 Å². The third-order valence-electron chi connectivity index (χ3n) is 3.72. The van der Waals surface area contributed by atoms with E-state index in [1.807, 2.05) is 6.07 Å². The molecule has 0 amide bonds. The van der Waals surface area contributed by atoms with E-state index in [2.05, 4.69) is 39.4 Å². The van der Waals surface area contributed by atoms with Crippen LogP contribution in [0.15, 0.2) is 28.7 Å². The van der Waals surface area contributed by atoms with Crippen LogP contribution in [0.1, 0.15) is 31.2 Å². The Morgan fingerprint density at radius 2 is 1.94 bits per heavy atom. The van der Waals surface area contributed by atoms with Gasteiger partial charge in [0.25, 0.3) is 0 Å². The van der Waals surface area contributed by atoms with Crippen LogP contribution in [0, 0.1) is 5.41 Å². The molecule has 0 radical (unpaired) electrons. The van der Waals surface area contributed by atoms with Crippen LogP contribution >= 0.6 is 27.5 Å². The molecule has 0 spiro atoms. The molecular formula is C14H19BrClN. The number of hydrogen-bond donors (Lipinski definition) is 1. The second-order valence-electron chi connectivity index (χ2n) is 5.04. The summed E-state index contributed by atoms with van der Waals surface area (Å²) in [5, 5.41) is 3.56.